The summed E-state index contributed by atoms with van der Waals surface area (Å²) in [5.74, 6) is 1.23. The Morgan fingerprint density at radius 3 is 2.57 bits per heavy atom. The molecule has 1 heterocycles. The minimum absolute atomic E-state index is 0.0369. The van der Waals surface area contributed by atoms with Gasteiger partial charge in [0.1, 0.15) is 5.78 Å². The second-order valence-electron chi connectivity index (χ2n) is 9.23. The van der Waals surface area contributed by atoms with Gasteiger partial charge in [0, 0.05) is 11.8 Å². The maximum atomic E-state index is 13.0. The fraction of sp³-hybridized carbons (Fsp3) is 0.800. The third-order valence-corrected chi connectivity index (χ3v) is 7.44. The van der Waals surface area contributed by atoms with Crippen molar-refractivity contribution >= 4 is 11.6 Å². The van der Waals surface area contributed by atoms with Crippen molar-refractivity contribution in [2.45, 2.75) is 65.6 Å². The molecule has 0 amide bonds. The molecular formula is C20H28O3. The van der Waals surface area contributed by atoms with Gasteiger partial charge in [-0.3, -0.25) is 9.59 Å². The SMILES string of the molecule is CC1=C[C@@H]2C(=O)[C@H](C)C[C@@H]3[C@H](CC[C@]4(C)O[C@@H]4[C@@H]2C1=O)C3(C)C. The minimum Gasteiger partial charge on any atom is -0.366 e. The van der Waals surface area contributed by atoms with Crippen LogP contribution in [0.5, 0.6) is 0 Å². The largest absolute Gasteiger partial charge is 0.366 e. The number of epoxide rings is 1. The highest BCUT2D eigenvalue weighted by Crippen LogP contribution is 2.65. The number of ketones is 2. The Morgan fingerprint density at radius 1 is 1.17 bits per heavy atom. The van der Waals surface area contributed by atoms with E-state index in [1.165, 1.54) is 0 Å². The van der Waals surface area contributed by atoms with Crippen molar-refractivity contribution in [3.05, 3.63) is 11.6 Å². The zero-order valence-corrected chi connectivity index (χ0v) is 14.9. The van der Waals surface area contributed by atoms with E-state index in [0.717, 1.165) is 24.8 Å². The molecular weight excluding hydrogens is 288 g/mol. The molecule has 0 aromatic rings. The van der Waals surface area contributed by atoms with Gasteiger partial charge in [-0.05, 0) is 55.9 Å². The molecule has 7 atom stereocenters. The summed E-state index contributed by atoms with van der Waals surface area (Å²) in [7, 11) is 0. The van der Waals surface area contributed by atoms with E-state index in [2.05, 4.69) is 27.7 Å². The zero-order chi connectivity index (χ0) is 16.7. The molecule has 4 aliphatic rings. The van der Waals surface area contributed by atoms with Crippen LogP contribution in [0.2, 0.25) is 0 Å². The summed E-state index contributed by atoms with van der Waals surface area (Å²) in [4.78, 5) is 25.6. The molecule has 0 bridgehead atoms. The van der Waals surface area contributed by atoms with Gasteiger partial charge in [0.2, 0.25) is 0 Å². The summed E-state index contributed by atoms with van der Waals surface area (Å²) in [5.41, 5.74) is 0.902. The quantitative estimate of drug-likeness (QED) is 0.642. The summed E-state index contributed by atoms with van der Waals surface area (Å²) < 4.78 is 6.02. The molecule has 0 radical (unpaired) electrons. The first-order valence-electron chi connectivity index (χ1n) is 9.11. The van der Waals surface area contributed by atoms with Gasteiger partial charge in [0.15, 0.2) is 5.78 Å². The Hall–Kier alpha value is -0.960. The van der Waals surface area contributed by atoms with E-state index in [9.17, 15) is 9.59 Å². The van der Waals surface area contributed by atoms with Gasteiger partial charge < -0.3 is 4.74 Å². The Bertz CT molecular complexity index is 616. The number of ether oxygens (including phenoxy) is 1. The molecule has 0 spiro atoms. The summed E-state index contributed by atoms with van der Waals surface area (Å²) in [6.07, 6.45) is 5.00. The lowest BCUT2D eigenvalue weighted by Gasteiger charge is -2.20. The van der Waals surface area contributed by atoms with Crippen LogP contribution in [-0.2, 0) is 14.3 Å². The molecule has 1 saturated heterocycles. The van der Waals surface area contributed by atoms with Gasteiger partial charge in [0.25, 0.3) is 0 Å². The molecule has 3 fully saturated rings. The molecule has 126 valence electrons. The number of hydrogen-bond acceptors (Lipinski definition) is 3. The zero-order valence-electron chi connectivity index (χ0n) is 14.9. The molecule has 2 saturated carbocycles. The molecule has 0 aromatic heterocycles. The molecule has 0 N–H and O–H groups in total. The topological polar surface area (TPSA) is 46.7 Å². The van der Waals surface area contributed by atoms with E-state index in [1.807, 2.05) is 13.0 Å². The molecule has 3 aliphatic carbocycles. The number of fused-ring (bicyclic) bond motifs is 4. The van der Waals surface area contributed by atoms with Crippen molar-refractivity contribution in [2.75, 3.05) is 0 Å². The summed E-state index contributed by atoms with van der Waals surface area (Å²) in [5, 5.41) is 0. The van der Waals surface area contributed by atoms with E-state index in [1.54, 1.807) is 0 Å². The van der Waals surface area contributed by atoms with Gasteiger partial charge in [-0.2, -0.15) is 0 Å². The standard InChI is InChI=1S/C20H28O3/c1-10-8-12-15(17(10)22)18-20(5,23-18)7-6-13-14(19(13,3)4)9-11(2)16(12)21/h8,11-15,18H,6-7,9H2,1-5H3/t11-,12+,13+,14-,15+,18-,20+/m1/s1. The average molecular weight is 316 g/mol. The molecule has 3 nitrogen and oxygen atoms in total. The maximum Gasteiger partial charge on any atom is 0.165 e. The summed E-state index contributed by atoms with van der Waals surface area (Å²) >= 11 is 0. The fourth-order valence-corrected chi connectivity index (χ4v) is 5.54. The van der Waals surface area contributed by atoms with E-state index >= 15 is 0 Å². The van der Waals surface area contributed by atoms with Gasteiger partial charge in [-0.25, -0.2) is 0 Å². The fourth-order valence-electron chi connectivity index (χ4n) is 5.54. The van der Waals surface area contributed by atoms with Crippen molar-refractivity contribution < 1.29 is 14.3 Å². The van der Waals surface area contributed by atoms with Gasteiger partial charge in [0.05, 0.1) is 17.6 Å². The Morgan fingerprint density at radius 2 is 1.87 bits per heavy atom. The lowest BCUT2D eigenvalue weighted by Crippen LogP contribution is -2.34. The Balaban J connectivity index is 1.67. The number of Topliss-reactive ketones (excluding diaryl/α,β-unsaturated/α-hetero) is 2. The summed E-state index contributed by atoms with van der Waals surface area (Å²) in [6, 6.07) is 0. The number of allylic oxidation sites excluding steroid dienone is 2. The van der Waals surface area contributed by atoms with Crippen molar-refractivity contribution in [1.29, 1.82) is 0 Å². The minimum atomic E-state index is -0.266. The third-order valence-electron chi connectivity index (χ3n) is 7.44. The third kappa shape index (κ3) is 2.12. The Labute approximate surface area is 138 Å². The van der Waals surface area contributed by atoms with Crippen LogP contribution < -0.4 is 0 Å². The predicted molar refractivity (Wildman–Crippen MR) is 87.8 cm³/mol. The van der Waals surface area contributed by atoms with Crippen LogP contribution in [0.4, 0.5) is 0 Å². The number of rotatable bonds is 0. The van der Waals surface area contributed by atoms with Crippen molar-refractivity contribution in [1.82, 2.24) is 0 Å². The second kappa shape index (κ2) is 4.56. The first kappa shape index (κ1) is 15.6. The molecule has 0 unspecified atom stereocenters. The Kier molecular flexibility index (Phi) is 3.09. The number of carbonyl (C=O) groups is 2. The normalized spacial score (nSPS) is 51.1. The van der Waals surface area contributed by atoms with Crippen LogP contribution in [0, 0.1) is 35.0 Å². The van der Waals surface area contributed by atoms with E-state index in [-0.39, 0.29) is 41.0 Å². The van der Waals surface area contributed by atoms with Crippen LogP contribution in [-0.4, -0.2) is 23.3 Å². The lowest BCUT2D eigenvalue weighted by molar-refractivity contribution is -0.130. The predicted octanol–water partition coefficient (Wildman–Crippen LogP) is 3.57. The molecule has 4 rings (SSSR count). The van der Waals surface area contributed by atoms with E-state index in [0.29, 0.717) is 17.3 Å². The van der Waals surface area contributed by atoms with Crippen molar-refractivity contribution in [3.63, 3.8) is 0 Å². The highest BCUT2D eigenvalue weighted by Gasteiger charge is 2.65. The second-order valence-corrected chi connectivity index (χ2v) is 9.23. The van der Waals surface area contributed by atoms with Gasteiger partial charge in [-0.1, -0.05) is 26.8 Å². The van der Waals surface area contributed by atoms with E-state index < -0.39 is 0 Å². The van der Waals surface area contributed by atoms with Crippen LogP contribution in [0.3, 0.4) is 0 Å². The molecule has 3 heteroatoms. The first-order chi connectivity index (χ1) is 10.7. The van der Waals surface area contributed by atoms with Crippen LogP contribution in [0.25, 0.3) is 0 Å². The highest BCUT2D eigenvalue weighted by atomic mass is 16.6. The monoisotopic (exact) mass is 316 g/mol. The number of carbonyl (C=O) groups excluding carboxylic acids is 2. The molecule has 23 heavy (non-hydrogen) atoms. The van der Waals surface area contributed by atoms with Crippen LogP contribution >= 0.6 is 0 Å². The maximum absolute atomic E-state index is 13.0. The molecule has 1 aliphatic heterocycles. The van der Waals surface area contributed by atoms with E-state index in [4.69, 9.17) is 4.74 Å². The lowest BCUT2D eigenvalue weighted by atomic mass is 9.79. The average Bonchev–Trinajstić information content (AvgIpc) is 3.23. The van der Waals surface area contributed by atoms with Crippen molar-refractivity contribution in [2.24, 2.45) is 35.0 Å². The first-order valence-corrected chi connectivity index (χ1v) is 9.11. The van der Waals surface area contributed by atoms with Crippen LogP contribution in [0.15, 0.2) is 11.6 Å². The van der Waals surface area contributed by atoms with Crippen molar-refractivity contribution in [3.8, 4) is 0 Å². The van der Waals surface area contributed by atoms with Gasteiger partial charge >= 0.3 is 0 Å². The van der Waals surface area contributed by atoms with Gasteiger partial charge in [-0.15, -0.1) is 0 Å². The highest BCUT2D eigenvalue weighted by molar-refractivity contribution is 6.05. The van der Waals surface area contributed by atoms with Crippen LogP contribution in [0.1, 0.15) is 53.9 Å². The number of hydrogen-bond donors (Lipinski definition) is 0. The smallest absolute Gasteiger partial charge is 0.165 e. The molecule has 0 aromatic carbocycles. The summed E-state index contributed by atoms with van der Waals surface area (Å²) in [6.45, 7) is 10.7.